The van der Waals surface area contributed by atoms with Gasteiger partial charge in [-0.25, -0.2) is 12.7 Å². The molecule has 7 heteroatoms. The molecule has 1 aliphatic rings. The molecule has 0 aromatic heterocycles. The Morgan fingerprint density at radius 1 is 1.41 bits per heavy atom. The first-order valence-electron chi connectivity index (χ1n) is 7.24. The molecule has 1 unspecified atom stereocenters. The van der Waals surface area contributed by atoms with E-state index in [0.29, 0.717) is 11.8 Å². The third-order valence-corrected chi connectivity index (χ3v) is 6.50. The highest BCUT2D eigenvalue weighted by Crippen LogP contribution is 2.23. The van der Waals surface area contributed by atoms with Crippen molar-refractivity contribution in [3.8, 4) is 0 Å². The van der Waals surface area contributed by atoms with E-state index in [4.69, 9.17) is 0 Å². The lowest BCUT2D eigenvalue weighted by Crippen LogP contribution is -2.32. The predicted octanol–water partition coefficient (Wildman–Crippen LogP) is 1.84. The minimum absolute atomic E-state index is 0.0598. The summed E-state index contributed by atoms with van der Waals surface area (Å²) in [4.78, 5) is 12.2. The number of amides is 1. The van der Waals surface area contributed by atoms with Crippen LogP contribution >= 0.6 is 11.8 Å². The first kappa shape index (κ1) is 17.3. The van der Waals surface area contributed by atoms with Crippen LogP contribution < -0.4 is 5.32 Å². The Balaban J connectivity index is 1.97. The molecule has 1 aliphatic carbocycles. The number of benzene rings is 1. The molecule has 1 aromatic carbocycles. The smallest absolute Gasteiger partial charge is 0.242 e. The van der Waals surface area contributed by atoms with E-state index >= 15 is 0 Å². The molecule has 1 saturated carbocycles. The molecule has 1 N–H and O–H groups in total. The first-order chi connectivity index (χ1) is 10.3. The Hall–Kier alpha value is -1.05. The van der Waals surface area contributed by atoms with E-state index in [-0.39, 0.29) is 16.1 Å². The van der Waals surface area contributed by atoms with Gasteiger partial charge in [-0.3, -0.25) is 4.79 Å². The molecule has 122 valence electrons. The van der Waals surface area contributed by atoms with Gasteiger partial charge in [0.15, 0.2) is 0 Å². The van der Waals surface area contributed by atoms with Crippen molar-refractivity contribution in [2.45, 2.75) is 41.7 Å². The second-order valence-corrected chi connectivity index (χ2v) is 9.15. The summed E-state index contributed by atoms with van der Waals surface area (Å²) in [5, 5.41) is 2.83. The van der Waals surface area contributed by atoms with Gasteiger partial charge in [0, 0.05) is 25.9 Å². The molecule has 5 nitrogen and oxygen atoms in total. The average Bonchev–Trinajstić information content (AvgIpc) is 3.28. The third-order valence-electron chi connectivity index (χ3n) is 3.47. The number of thioether (sulfide) groups is 1. The van der Waals surface area contributed by atoms with E-state index in [1.54, 1.807) is 18.2 Å². The fraction of sp³-hybridized carbons (Fsp3) is 0.533. The monoisotopic (exact) mass is 342 g/mol. The molecule has 0 heterocycles. The molecule has 1 atom stereocenters. The summed E-state index contributed by atoms with van der Waals surface area (Å²) < 4.78 is 25.4. The van der Waals surface area contributed by atoms with Gasteiger partial charge in [0.25, 0.3) is 0 Å². The van der Waals surface area contributed by atoms with Crippen LogP contribution in [0.3, 0.4) is 0 Å². The zero-order valence-corrected chi connectivity index (χ0v) is 14.7. The zero-order chi connectivity index (χ0) is 16.3. The van der Waals surface area contributed by atoms with Gasteiger partial charge in [0.2, 0.25) is 15.9 Å². The van der Waals surface area contributed by atoms with Crippen LogP contribution in [0.15, 0.2) is 29.2 Å². The van der Waals surface area contributed by atoms with E-state index in [2.05, 4.69) is 5.32 Å². The number of nitrogens with one attached hydrogen (secondary N) is 1. The van der Waals surface area contributed by atoms with Gasteiger partial charge in [-0.15, -0.1) is 11.8 Å². The summed E-state index contributed by atoms with van der Waals surface area (Å²) in [5.74, 6) is 0.667. The maximum atomic E-state index is 12.1. The third kappa shape index (κ3) is 4.47. The number of rotatable bonds is 7. The molecule has 0 radical (unpaired) electrons. The van der Waals surface area contributed by atoms with Crippen molar-refractivity contribution in [2.24, 2.45) is 0 Å². The van der Waals surface area contributed by atoms with Gasteiger partial charge in [0.1, 0.15) is 0 Å². The number of nitrogens with zero attached hydrogens (tertiary/aromatic N) is 1. The fourth-order valence-corrected chi connectivity index (χ4v) is 3.66. The lowest BCUT2D eigenvalue weighted by molar-refractivity contribution is -0.120. The van der Waals surface area contributed by atoms with Crippen LogP contribution in [0.25, 0.3) is 0 Å². The SMILES string of the molecule is CC(SCc1cccc(S(=O)(=O)N(C)C)c1)C(=O)NC1CC1. The summed E-state index contributed by atoms with van der Waals surface area (Å²) in [6.07, 6.45) is 2.15. The lowest BCUT2D eigenvalue weighted by Gasteiger charge is -2.14. The normalized spacial score (nSPS) is 16.5. The predicted molar refractivity (Wildman–Crippen MR) is 89.2 cm³/mol. The minimum atomic E-state index is -3.42. The number of carbonyl (C=O) groups excluding carboxylic acids is 1. The molecule has 0 bridgehead atoms. The Bertz CT molecular complexity index is 640. The highest BCUT2D eigenvalue weighted by atomic mass is 32.2. The van der Waals surface area contributed by atoms with E-state index in [1.807, 2.05) is 13.0 Å². The second-order valence-electron chi connectivity index (χ2n) is 5.67. The Morgan fingerprint density at radius 3 is 2.68 bits per heavy atom. The van der Waals surface area contributed by atoms with Crippen LogP contribution in [-0.2, 0) is 20.6 Å². The summed E-state index contributed by atoms with van der Waals surface area (Å²) >= 11 is 1.51. The van der Waals surface area contributed by atoms with Crippen LogP contribution in [-0.4, -0.2) is 44.0 Å². The molecule has 0 saturated heterocycles. The molecule has 22 heavy (non-hydrogen) atoms. The average molecular weight is 342 g/mol. The molecule has 0 aliphatic heterocycles. The van der Waals surface area contributed by atoms with Gasteiger partial charge in [0.05, 0.1) is 10.1 Å². The van der Waals surface area contributed by atoms with E-state index in [9.17, 15) is 13.2 Å². The molecule has 1 aromatic rings. The number of carbonyl (C=O) groups is 1. The van der Waals surface area contributed by atoms with Crippen LogP contribution in [0.2, 0.25) is 0 Å². The van der Waals surface area contributed by atoms with E-state index in [1.165, 1.54) is 30.2 Å². The molecule has 1 amide bonds. The lowest BCUT2D eigenvalue weighted by atomic mass is 10.2. The number of sulfonamides is 1. The molecule has 1 fully saturated rings. The number of hydrogen-bond acceptors (Lipinski definition) is 4. The Kier molecular flexibility index (Phi) is 5.52. The summed E-state index contributed by atoms with van der Waals surface area (Å²) in [7, 11) is -0.387. The maximum absolute atomic E-state index is 12.1. The van der Waals surface area contributed by atoms with Crippen molar-refractivity contribution >= 4 is 27.7 Å². The molecular weight excluding hydrogens is 320 g/mol. The van der Waals surface area contributed by atoms with Crippen LogP contribution in [0.4, 0.5) is 0 Å². The van der Waals surface area contributed by atoms with Crippen LogP contribution in [0.5, 0.6) is 0 Å². The maximum Gasteiger partial charge on any atom is 0.242 e. The van der Waals surface area contributed by atoms with Gasteiger partial charge in [-0.2, -0.15) is 0 Å². The van der Waals surface area contributed by atoms with Crippen LogP contribution in [0.1, 0.15) is 25.3 Å². The van der Waals surface area contributed by atoms with Gasteiger partial charge in [-0.05, 0) is 37.5 Å². The van der Waals surface area contributed by atoms with Crippen molar-refractivity contribution in [1.29, 1.82) is 0 Å². The highest BCUT2D eigenvalue weighted by molar-refractivity contribution is 7.99. The van der Waals surface area contributed by atoms with Crippen molar-refractivity contribution < 1.29 is 13.2 Å². The molecule has 0 spiro atoms. The zero-order valence-electron chi connectivity index (χ0n) is 13.1. The topological polar surface area (TPSA) is 66.5 Å². The van der Waals surface area contributed by atoms with Gasteiger partial charge in [-0.1, -0.05) is 12.1 Å². The van der Waals surface area contributed by atoms with E-state index < -0.39 is 10.0 Å². The minimum Gasteiger partial charge on any atom is -0.352 e. The van der Waals surface area contributed by atoms with Gasteiger partial charge < -0.3 is 5.32 Å². The van der Waals surface area contributed by atoms with Crippen molar-refractivity contribution in [1.82, 2.24) is 9.62 Å². The quantitative estimate of drug-likeness (QED) is 0.821. The van der Waals surface area contributed by atoms with Crippen molar-refractivity contribution in [3.63, 3.8) is 0 Å². The molecule has 2 rings (SSSR count). The number of hydrogen-bond donors (Lipinski definition) is 1. The summed E-state index contributed by atoms with van der Waals surface area (Å²) in [6, 6.07) is 7.25. The fourth-order valence-electron chi connectivity index (χ4n) is 1.85. The summed E-state index contributed by atoms with van der Waals surface area (Å²) in [6.45, 7) is 1.88. The standard InChI is InChI=1S/C15H22N2O3S2/c1-11(15(18)16-13-7-8-13)21-10-12-5-4-6-14(9-12)22(19,20)17(2)3/h4-6,9,11,13H,7-8,10H2,1-3H3,(H,16,18). The van der Waals surface area contributed by atoms with E-state index in [0.717, 1.165) is 18.4 Å². The Labute approximate surface area is 136 Å². The first-order valence-corrected chi connectivity index (χ1v) is 9.73. The van der Waals surface area contributed by atoms with Crippen molar-refractivity contribution in [3.05, 3.63) is 29.8 Å². The van der Waals surface area contributed by atoms with Crippen LogP contribution in [0, 0.1) is 0 Å². The molecular formula is C15H22N2O3S2. The second kappa shape index (κ2) is 7.02. The van der Waals surface area contributed by atoms with Crippen molar-refractivity contribution in [2.75, 3.05) is 14.1 Å². The Morgan fingerprint density at radius 2 is 2.09 bits per heavy atom. The largest absolute Gasteiger partial charge is 0.352 e. The van der Waals surface area contributed by atoms with Gasteiger partial charge >= 0.3 is 0 Å². The summed E-state index contributed by atoms with van der Waals surface area (Å²) in [5.41, 5.74) is 0.902. The highest BCUT2D eigenvalue weighted by Gasteiger charge is 2.25.